The molecule has 0 unspecified atom stereocenters. The summed E-state index contributed by atoms with van der Waals surface area (Å²) >= 11 is 0. The van der Waals surface area contributed by atoms with Gasteiger partial charge in [-0.1, -0.05) is 0 Å². The summed E-state index contributed by atoms with van der Waals surface area (Å²) in [5.41, 5.74) is 0.181. The molecule has 1 N–H and O–H groups in total. The van der Waals surface area contributed by atoms with Crippen LogP contribution in [-0.4, -0.2) is 35.2 Å². The lowest BCUT2D eigenvalue weighted by molar-refractivity contribution is -0.137. The predicted octanol–water partition coefficient (Wildman–Crippen LogP) is 4.31. The fourth-order valence-electron chi connectivity index (χ4n) is 3.33. The van der Waals surface area contributed by atoms with Gasteiger partial charge in [-0.25, -0.2) is 22.8 Å². The first kappa shape index (κ1) is 25.4. The molecule has 0 bridgehead atoms. The zero-order chi connectivity index (χ0) is 26.1. The summed E-state index contributed by atoms with van der Waals surface area (Å²) in [6.07, 6.45) is -2.56. The summed E-state index contributed by atoms with van der Waals surface area (Å²) in [7, 11) is -4.19. The monoisotopic (exact) mass is 522 g/mol. The van der Waals surface area contributed by atoms with E-state index in [-0.39, 0.29) is 35.2 Å². The minimum atomic E-state index is -4.51. The minimum Gasteiger partial charge on any atom is -0.443 e. The van der Waals surface area contributed by atoms with E-state index in [1.807, 2.05) is 0 Å². The average Bonchev–Trinajstić information content (AvgIpc) is 3.26. The summed E-state index contributed by atoms with van der Waals surface area (Å²) in [6, 6.07) is 7.19. The maximum Gasteiger partial charge on any atom is 0.417 e. The molecule has 1 aromatic carbocycles. The molecule has 0 saturated carbocycles. The molecule has 36 heavy (non-hydrogen) atoms. The molecule has 0 aliphatic rings. The largest absolute Gasteiger partial charge is 0.443 e. The normalized spacial score (nSPS) is 13.1. The Hall–Kier alpha value is -3.71. The first-order valence-corrected chi connectivity index (χ1v) is 12.0. The molecular weight excluding hydrogens is 504 g/mol. The highest BCUT2D eigenvalue weighted by atomic mass is 32.2. The first-order valence-electron chi connectivity index (χ1n) is 10.5. The van der Waals surface area contributed by atoms with Gasteiger partial charge >= 0.3 is 6.18 Å². The van der Waals surface area contributed by atoms with Crippen molar-refractivity contribution in [1.82, 2.24) is 19.7 Å². The van der Waals surface area contributed by atoms with Gasteiger partial charge < -0.3 is 4.42 Å². The topological polar surface area (TPSA) is 115 Å². The third-order valence-electron chi connectivity index (χ3n) is 5.24. The van der Waals surface area contributed by atoms with Crippen LogP contribution in [0.5, 0.6) is 0 Å². The van der Waals surface area contributed by atoms with Gasteiger partial charge in [0.15, 0.2) is 5.78 Å². The van der Waals surface area contributed by atoms with E-state index >= 15 is 0 Å². The molecule has 13 heteroatoms. The van der Waals surface area contributed by atoms with Gasteiger partial charge in [-0.3, -0.25) is 9.78 Å². The maximum absolute atomic E-state index is 13.4. The van der Waals surface area contributed by atoms with E-state index < -0.39 is 44.5 Å². The van der Waals surface area contributed by atoms with Gasteiger partial charge in [0.25, 0.3) is 10.0 Å². The van der Waals surface area contributed by atoms with Gasteiger partial charge in [-0.2, -0.15) is 17.9 Å². The Balaban J connectivity index is 1.39. The van der Waals surface area contributed by atoms with E-state index in [0.717, 1.165) is 24.3 Å². The molecular formula is C23H18F4N4O4S. The van der Waals surface area contributed by atoms with E-state index in [1.54, 1.807) is 0 Å². The molecule has 3 heterocycles. The number of nitrogens with one attached hydrogen (secondary N) is 1. The van der Waals surface area contributed by atoms with Crippen molar-refractivity contribution < 1.29 is 35.2 Å². The van der Waals surface area contributed by atoms with Gasteiger partial charge in [0, 0.05) is 29.8 Å². The molecule has 0 aliphatic carbocycles. The molecule has 0 spiro atoms. The third kappa shape index (κ3) is 5.74. The quantitative estimate of drug-likeness (QED) is 0.343. The second-order valence-electron chi connectivity index (χ2n) is 7.88. The van der Waals surface area contributed by atoms with Gasteiger partial charge in [-0.05, 0) is 49.7 Å². The number of carbonyl (C=O) groups excluding carboxylic acids is 1. The van der Waals surface area contributed by atoms with E-state index in [0.29, 0.717) is 11.9 Å². The van der Waals surface area contributed by atoms with E-state index in [2.05, 4.69) is 19.7 Å². The Morgan fingerprint density at radius 3 is 2.53 bits per heavy atom. The first-order chi connectivity index (χ1) is 16.9. The number of pyridine rings is 1. The van der Waals surface area contributed by atoms with Crippen LogP contribution in [0.25, 0.3) is 22.4 Å². The number of nitrogens with zero attached hydrogens (tertiary/aromatic N) is 3. The van der Waals surface area contributed by atoms with Crippen LogP contribution in [0.1, 0.15) is 24.6 Å². The number of benzene rings is 1. The Kier molecular flexibility index (Phi) is 6.87. The number of alkyl halides is 3. The molecule has 1 atom stereocenters. The van der Waals surface area contributed by atoms with Crippen molar-refractivity contribution in [3.8, 4) is 11.4 Å². The van der Waals surface area contributed by atoms with Gasteiger partial charge in [0.1, 0.15) is 17.7 Å². The number of hydrogen-bond donors (Lipinski definition) is 1. The SMILES string of the molecule is C[C@H](NS(=O)(=O)c1cc2cc(F)ccc2o1)C(=O)CCc1cc(-c2ccc(C(F)(F)F)cn2)ncn1. The van der Waals surface area contributed by atoms with Crippen LogP contribution in [-0.2, 0) is 27.4 Å². The average molecular weight is 522 g/mol. The second-order valence-corrected chi connectivity index (χ2v) is 9.53. The highest BCUT2D eigenvalue weighted by Gasteiger charge is 2.30. The lowest BCUT2D eigenvalue weighted by Gasteiger charge is -2.12. The lowest BCUT2D eigenvalue weighted by Crippen LogP contribution is -2.38. The van der Waals surface area contributed by atoms with Crippen molar-refractivity contribution >= 4 is 26.8 Å². The van der Waals surface area contributed by atoms with Gasteiger partial charge in [0.2, 0.25) is 5.09 Å². The summed E-state index contributed by atoms with van der Waals surface area (Å²) in [4.78, 5) is 24.4. The lowest BCUT2D eigenvalue weighted by atomic mass is 10.1. The number of Topliss-reactive ketones (excluding diaryl/α,β-unsaturated/α-hetero) is 1. The molecule has 0 saturated heterocycles. The molecule has 3 aromatic heterocycles. The molecule has 0 radical (unpaired) electrons. The summed E-state index contributed by atoms with van der Waals surface area (Å²) in [5, 5.41) is -0.191. The zero-order valence-electron chi connectivity index (χ0n) is 18.6. The highest BCUT2D eigenvalue weighted by molar-refractivity contribution is 7.89. The molecule has 188 valence electrons. The van der Waals surface area contributed by atoms with E-state index in [1.165, 1.54) is 31.5 Å². The number of ketones is 1. The minimum absolute atomic E-state index is 0.0775. The highest BCUT2D eigenvalue weighted by Crippen LogP contribution is 2.29. The molecule has 8 nitrogen and oxygen atoms in total. The smallest absolute Gasteiger partial charge is 0.417 e. The van der Waals surface area contributed by atoms with Crippen LogP contribution < -0.4 is 4.72 Å². The summed E-state index contributed by atoms with van der Waals surface area (Å²) < 4.78 is 84.3. The van der Waals surface area contributed by atoms with Crippen molar-refractivity contribution in [3.63, 3.8) is 0 Å². The Labute approximate surface area is 202 Å². The molecule has 0 aliphatic heterocycles. The number of rotatable bonds is 8. The van der Waals surface area contributed by atoms with Crippen LogP contribution in [0.2, 0.25) is 0 Å². The van der Waals surface area contributed by atoms with E-state index in [9.17, 15) is 30.8 Å². The summed E-state index contributed by atoms with van der Waals surface area (Å²) in [5.74, 6) is -0.987. The Morgan fingerprint density at radius 1 is 1.06 bits per heavy atom. The number of aromatic nitrogens is 3. The third-order valence-corrected chi connectivity index (χ3v) is 6.63. The number of hydrogen-bond acceptors (Lipinski definition) is 7. The fraction of sp³-hybridized carbons (Fsp3) is 0.217. The van der Waals surface area contributed by atoms with Crippen LogP contribution in [0.3, 0.4) is 0 Å². The predicted molar refractivity (Wildman–Crippen MR) is 120 cm³/mol. The standard InChI is InChI=1S/C23H18F4N4O4S/c1-13(31-36(33,34)22-9-14-8-16(24)3-7-21(14)35-22)20(32)6-4-17-10-19(30-12-29-17)18-5-2-15(11-28-18)23(25,26)27/h2-3,5,7-13,31H,4,6H2,1H3/t13-/m0/s1. The fourth-order valence-corrected chi connectivity index (χ4v) is 4.53. The maximum atomic E-state index is 13.4. The second kappa shape index (κ2) is 9.74. The van der Waals surface area contributed by atoms with Gasteiger partial charge in [-0.15, -0.1) is 0 Å². The Morgan fingerprint density at radius 2 is 1.83 bits per heavy atom. The van der Waals surface area contributed by atoms with Crippen molar-refractivity contribution in [2.75, 3.05) is 0 Å². The number of furan rings is 1. The van der Waals surface area contributed by atoms with Crippen molar-refractivity contribution in [2.45, 2.75) is 37.1 Å². The van der Waals surface area contributed by atoms with Crippen molar-refractivity contribution in [3.05, 3.63) is 72.1 Å². The number of sulfonamides is 1. The van der Waals surface area contributed by atoms with Crippen LogP contribution >= 0.6 is 0 Å². The van der Waals surface area contributed by atoms with Crippen LogP contribution in [0, 0.1) is 5.82 Å². The van der Waals surface area contributed by atoms with Crippen molar-refractivity contribution in [1.29, 1.82) is 0 Å². The molecule has 0 fully saturated rings. The molecule has 4 rings (SSSR count). The molecule has 4 aromatic rings. The van der Waals surface area contributed by atoms with Gasteiger partial charge in [0.05, 0.1) is 23.0 Å². The van der Waals surface area contributed by atoms with Crippen LogP contribution in [0.15, 0.2) is 64.5 Å². The number of carbonyl (C=O) groups is 1. The van der Waals surface area contributed by atoms with Crippen molar-refractivity contribution in [2.24, 2.45) is 0 Å². The van der Waals surface area contributed by atoms with E-state index in [4.69, 9.17) is 4.42 Å². The number of halogens is 4. The zero-order valence-corrected chi connectivity index (χ0v) is 19.4. The number of fused-ring (bicyclic) bond motifs is 1. The summed E-state index contributed by atoms with van der Waals surface area (Å²) in [6.45, 7) is 1.37. The van der Waals surface area contributed by atoms with Crippen LogP contribution in [0.4, 0.5) is 17.6 Å². The Bertz CT molecular complexity index is 1520. The molecule has 0 amide bonds. The number of aryl methyl sites for hydroxylation is 1.